The molecule has 0 aliphatic heterocycles. The molecule has 0 aliphatic rings. The molecule has 0 spiro atoms. The summed E-state index contributed by atoms with van der Waals surface area (Å²) >= 11 is 1.25. The number of carbonyl (C=O) groups excluding carboxylic acids is 1. The second kappa shape index (κ2) is 14.3. The van der Waals surface area contributed by atoms with Gasteiger partial charge in [-0.3, -0.25) is 24.0 Å². The third kappa shape index (κ3) is 6.87. The predicted molar refractivity (Wildman–Crippen MR) is 181 cm³/mol. The zero-order valence-electron chi connectivity index (χ0n) is 25.4. The number of anilines is 1. The van der Waals surface area contributed by atoms with E-state index in [2.05, 4.69) is 33.6 Å². The van der Waals surface area contributed by atoms with Crippen molar-refractivity contribution in [2.45, 2.75) is 25.5 Å². The van der Waals surface area contributed by atoms with Crippen LogP contribution < -0.4 is 22.2 Å². The molecule has 3 aromatic heterocycles. The van der Waals surface area contributed by atoms with Gasteiger partial charge in [0.05, 0.1) is 39.3 Å². The lowest BCUT2D eigenvalue weighted by atomic mass is 10.1. The van der Waals surface area contributed by atoms with Gasteiger partial charge in [0.15, 0.2) is 11.6 Å². The third-order valence-corrected chi connectivity index (χ3v) is 7.43. The summed E-state index contributed by atoms with van der Waals surface area (Å²) in [4.78, 5) is 33.3. The van der Waals surface area contributed by atoms with Crippen LogP contribution in [0.4, 0.5) is 11.6 Å². The van der Waals surface area contributed by atoms with Gasteiger partial charge in [-0.05, 0) is 31.2 Å². The van der Waals surface area contributed by atoms with Crippen LogP contribution in [0.5, 0.6) is 0 Å². The fourth-order valence-corrected chi connectivity index (χ4v) is 5.14. The van der Waals surface area contributed by atoms with E-state index in [-0.39, 0.29) is 22.2 Å². The molecule has 1 unspecified atom stereocenters. The zero-order chi connectivity index (χ0) is 32.7. The van der Waals surface area contributed by atoms with Gasteiger partial charge in [0, 0.05) is 32.3 Å². The van der Waals surface area contributed by atoms with Crippen LogP contribution in [0.25, 0.3) is 16.6 Å². The number of carbonyl (C=O) groups is 1. The lowest BCUT2D eigenvalue weighted by Gasteiger charge is -2.13. The van der Waals surface area contributed by atoms with Gasteiger partial charge < -0.3 is 11.5 Å². The third-order valence-electron chi connectivity index (χ3n) is 6.80. The highest BCUT2D eigenvalue weighted by Gasteiger charge is 2.18. The molecule has 45 heavy (non-hydrogen) atoms. The number of aryl methyl sites for hydroxylation is 3. The quantitative estimate of drug-likeness (QED) is 0.140. The Morgan fingerprint density at radius 1 is 1.11 bits per heavy atom. The molecular weight excluding hydrogens is 588 g/mol. The number of rotatable bonds is 7. The standard InChI is InChI=1S/C24H23N5OS.C8H11N5O/c1-4-21-27-20-12-8-9-17(13-14-18-15-26-28(3)23(18)16(2)31-25)22(20)24(30)29(21)19-10-6-5-7-11-19;1-3-4-11-8-5(7(10)14)6(9)12-13(8)2/h5-12,15-16H,4,25H2,1-3H3;3-4H,1H2,2H3,(H2,9,12)(H2,10,14)/b;11-4-. The minimum absolute atomic E-state index is 0.0494. The number of aromatic nitrogens is 6. The Bertz CT molecular complexity index is 2010. The molecule has 5 aromatic rings. The number of amides is 1. The topological polar surface area (TPSA) is 178 Å². The number of nitrogens with zero attached hydrogens (tertiary/aromatic N) is 7. The normalized spacial score (nSPS) is 11.5. The Balaban J connectivity index is 0.000000276. The van der Waals surface area contributed by atoms with E-state index in [1.807, 2.05) is 69.4 Å². The van der Waals surface area contributed by atoms with E-state index in [1.54, 1.807) is 22.5 Å². The number of nitrogen functional groups attached to an aromatic ring is 1. The number of hydrogen-bond acceptors (Lipinski definition) is 9. The first kappa shape index (κ1) is 32.5. The number of nitrogens with two attached hydrogens (primary N) is 3. The van der Waals surface area contributed by atoms with Gasteiger partial charge in [-0.2, -0.15) is 10.2 Å². The number of hydrogen-bond donors (Lipinski definition) is 3. The lowest BCUT2D eigenvalue weighted by molar-refractivity contribution is 0.100. The van der Waals surface area contributed by atoms with Gasteiger partial charge >= 0.3 is 0 Å². The molecule has 1 amide bonds. The summed E-state index contributed by atoms with van der Waals surface area (Å²) < 4.78 is 4.85. The van der Waals surface area contributed by atoms with E-state index >= 15 is 0 Å². The molecule has 13 heteroatoms. The van der Waals surface area contributed by atoms with Crippen LogP contribution in [0.1, 0.15) is 52.1 Å². The minimum Gasteiger partial charge on any atom is -0.381 e. The second-order valence-electron chi connectivity index (χ2n) is 9.74. The number of para-hydroxylation sites is 1. The van der Waals surface area contributed by atoms with Crippen molar-refractivity contribution in [3.05, 3.63) is 106 Å². The van der Waals surface area contributed by atoms with E-state index < -0.39 is 5.91 Å². The van der Waals surface area contributed by atoms with E-state index in [4.69, 9.17) is 21.6 Å². The predicted octanol–water partition coefficient (Wildman–Crippen LogP) is 3.74. The first-order valence-corrected chi connectivity index (χ1v) is 14.8. The van der Waals surface area contributed by atoms with Crippen molar-refractivity contribution in [2.75, 3.05) is 5.73 Å². The molecule has 12 nitrogen and oxygen atoms in total. The van der Waals surface area contributed by atoms with Crippen LogP contribution in [0.3, 0.4) is 0 Å². The Morgan fingerprint density at radius 3 is 2.47 bits per heavy atom. The average Bonchev–Trinajstić information content (AvgIpc) is 3.55. The Kier molecular flexibility index (Phi) is 10.4. The van der Waals surface area contributed by atoms with Crippen LogP contribution in [0.15, 0.2) is 77.2 Å². The van der Waals surface area contributed by atoms with Gasteiger partial charge in [-0.1, -0.05) is 67.6 Å². The Morgan fingerprint density at radius 2 is 1.82 bits per heavy atom. The van der Waals surface area contributed by atoms with E-state index in [0.717, 1.165) is 22.8 Å². The van der Waals surface area contributed by atoms with Crippen LogP contribution in [0.2, 0.25) is 0 Å². The summed E-state index contributed by atoms with van der Waals surface area (Å²) in [6, 6.07) is 15.2. The first-order valence-electron chi connectivity index (χ1n) is 13.9. The van der Waals surface area contributed by atoms with Crippen molar-refractivity contribution < 1.29 is 4.79 Å². The fourth-order valence-electron chi connectivity index (χ4n) is 4.73. The number of allylic oxidation sites excluding steroid dienone is 1. The average molecular weight is 623 g/mol. The summed E-state index contributed by atoms with van der Waals surface area (Å²) in [5.74, 6) is 6.86. The molecule has 5 rings (SSSR count). The SMILES string of the molecule is C=C/C=N\c1c(C(N)=O)c(N)nn1C.CCc1nc2cccc(C#Cc3cnn(C)c3C(C)SN)c2c(=O)n1-c1ccccc1. The minimum atomic E-state index is -0.646. The van der Waals surface area contributed by atoms with Gasteiger partial charge in [0.1, 0.15) is 11.4 Å². The molecule has 1 atom stereocenters. The maximum absolute atomic E-state index is 13.6. The molecule has 0 saturated carbocycles. The van der Waals surface area contributed by atoms with Crippen molar-refractivity contribution in [1.29, 1.82) is 0 Å². The van der Waals surface area contributed by atoms with Crippen LogP contribution in [-0.4, -0.2) is 41.2 Å². The number of primary amides is 1. The largest absolute Gasteiger partial charge is 0.381 e. The molecule has 0 radical (unpaired) electrons. The first-order chi connectivity index (χ1) is 21.6. The molecular formula is C32H34N10O2S. The number of aliphatic imine (C=N–C) groups is 1. The van der Waals surface area contributed by atoms with Gasteiger partial charge in [-0.25, -0.2) is 14.7 Å². The molecule has 3 heterocycles. The van der Waals surface area contributed by atoms with E-state index in [0.29, 0.717) is 28.7 Å². The molecule has 230 valence electrons. The highest BCUT2D eigenvalue weighted by Crippen LogP contribution is 2.26. The number of benzene rings is 2. The van der Waals surface area contributed by atoms with Crippen molar-refractivity contribution >= 4 is 46.6 Å². The van der Waals surface area contributed by atoms with Crippen molar-refractivity contribution in [3.8, 4) is 17.5 Å². The smallest absolute Gasteiger partial charge is 0.267 e. The van der Waals surface area contributed by atoms with Gasteiger partial charge in [0.25, 0.3) is 11.5 Å². The van der Waals surface area contributed by atoms with Gasteiger partial charge in [-0.15, -0.1) is 0 Å². The maximum atomic E-state index is 13.6. The summed E-state index contributed by atoms with van der Waals surface area (Å²) in [6.07, 6.45) is 5.29. The summed E-state index contributed by atoms with van der Waals surface area (Å²) in [5, 5.41) is 14.5. The lowest BCUT2D eigenvalue weighted by Crippen LogP contribution is -2.24. The molecule has 0 fully saturated rings. The molecule has 0 aliphatic carbocycles. The fraction of sp³-hybridized carbons (Fsp3) is 0.188. The summed E-state index contributed by atoms with van der Waals surface area (Å²) in [5.41, 5.74) is 14.5. The van der Waals surface area contributed by atoms with Crippen LogP contribution in [0, 0.1) is 11.8 Å². The monoisotopic (exact) mass is 622 g/mol. The molecule has 0 bridgehead atoms. The zero-order valence-corrected chi connectivity index (χ0v) is 26.2. The van der Waals surface area contributed by atoms with E-state index in [9.17, 15) is 9.59 Å². The highest BCUT2D eigenvalue weighted by atomic mass is 32.2. The van der Waals surface area contributed by atoms with Crippen molar-refractivity contribution in [1.82, 2.24) is 29.1 Å². The molecule has 2 aromatic carbocycles. The van der Waals surface area contributed by atoms with Crippen LogP contribution >= 0.6 is 11.9 Å². The summed E-state index contributed by atoms with van der Waals surface area (Å²) in [7, 11) is 3.50. The van der Waals surface area contributed by atoms with Gasteiger partial charge in [0.2, 0.25) is 0 Å². The molecule has 0 saturated heterocycles. The second-order valence-corrected chi connectivity index (χ2v) is 10.7. The molecule has 6 N–H and O–H groups in total. The van der Waals surface area contributed by atoms with Crippen LogP contribution in [-0.2, 0) is 20.5 Å². The highest BCUT2D eigenvalue weighted by molar-refractivity contribution is 7.97. The van der Waals surface area contributed by atoms with Crippen molar-refractivity contribution in [2.24, 2.45) is 30.0 Å². The van der Waals surface area contributed by atoms with Crippen molar-refractivity contribution in [3.63, 3.8) is 0 Å². The summed E-state index contributed by atoms with van der Waals surface area (Å²) in [6.45, 7) is 7.47. The Hall–Kier alpha value is -5.45. The Labute approximate surface area is 264 Å². The number of fused-ring (bicyclic) bond motifs is 1. The van der Waals surface area contributed by atoms with E-state index in [1.165, 1.54) is 28.9 Å². The maximum Gasteiger partial charge on any atom is 0.267 e.